The highest BCUT2D eigenvalue weighted by Gasteiger charge is 2.18. The van der Waals surface area contributed by atoms with Gasteiger partial charge in [-0.3, -0.25) is 0 Å². The number of nitrogens with zero attached hydrogens (tertiary/aromatic N) is 1. The zero-order valence-electron chi connectivity index (χ0n) is 10.0. The van der Waals surface area contributed by atoms with E-state index in [1.54, 1.807) is 36.3 Å². The van der Waals surface area contributed by atoms with Gasteiger partial charge < -0.3 is 14.4 Å². The van der Waals surface area contributed by atoms with Gasteiger partial charge in [0.2, 0.25) is 0 Å². The van der Waals surface area contributed by atoms with Crippen molar-refractivity contribution in [1.82, 2.24) is 4.90 Å². The summed E-state index contributed by atoms with van der Waals surface area (Å²) < 4.78 is 10.3. The summed E-state index contributed by atoms with van der Waals surface area (Å²) in [5, 5.41) is 0. The molecule has 17 heavy (non-hydrogen) atoms. The number of rotatable bonds is 2. The van der Waals surface area contributed by atoms with Gasteiger partial charge in [0.05, 0.1) is 7.11 Å². The summed E-state index contributed by atoms with van der Waals surface area (Å²) in [4.78, 5) is 13.6. The predicted octanol–water partition coefficient (Wildman–Crippen LogP) is 2.68. The van der Waals surface area contributed by atoms with Crippen molar-refractivity contribution in [2.45, 2.75) is 19.3 Å². The Labute approximate surface area is 101 Å². The first kappa shape index (κ1) is 11.8. The maximum atomic E-state index is 11.8. The Hall–Kier alpha value is -1.71. The number of benzene rings is 1. The number of hydrogen-bond acceptors (Lipinski definition) is 3. The molecule has 1 aromatic rings. The number of piperidine rings is 1. The predicted molar refractivity (Wildman–Crippen MR) is 64.4 cm³/mol. The van der Waals surface area contributed by atoms with Crippen LogP contribution < -0.4 is 9.47 Å². The molecular weight excluding hydrogens is 218 g/mol. The second-order valence-corrected chi connectivity index (χ2v) is 4.09. The van der Waals surface area contributed by atoms with E-state index in [9.17, 15) is 4.79 Å². The summed E-state index contributed by atoms with van der Waals surface area (Å²) in [5.74, 6) is 1.31. The van der Waals surface area contributed by atoms with Crippen LogP contribution in [0.1, 0.15) is 19.3 Å². The fourth-order valence-electron chi connectivity index (χ4n) is 1.89. The highest BCUT2D eigenvalue weighted by atomic mass is 16.6. The number of likely N-dealkylation sites (tertiary alicyclic amines) is 1. The lowest BCUT2D eigenvalue weighted by Crippen LogP contribution is -2.37. The summed E-state index contributed by atoms with van der Waals surface area (Å²) in [5.41, 5.74) is 0. The minimum absolute atomic E-state index is 0.255. The zero-order chi connectivity index (χ0) is 12.1. The van der Waals surface area contributed by atoms with Crippen LogP contribution in [0.25, 0.3) is 0 Å². The van der Waals surface area contributed by atoms with Gasteiger partial charge in [-0.25, -0.2) is 4.79 Å². The van der Waals surface area contributed by atoms with E-state index in [-0.39, 0.29) is 6.09 Å². The Morgan fingerprint density at radius 2 is 1.65 bits per heavy atom. The summed E-state index contributed by atoms with van der Waals surface area (Å²) in [7, 11) is 1.61. The SMILES string of the molecule is COc1ccc(OC(=O)N2CCCCC2)cc1. The summed E-state index contributed by atoms with van der Waals surface area (Å²) >= 11 is 0. The van der Waals surface area contributed by atoms with E-state index in [0.29, 0.717) is 5.75 Å². The molecule has 0 bridgehead atoms. The Morgan fingerprint density at radius 3 is 2.24 bits per heavy atom. The maximum Gasteiger partial charge on any atom is 0.415 e. The van der Waals surface area contributed by atoms with Crippen molar-refractivity contribution in [3.63, 3.8) is 0 Å². The molecule has 1 aliphatic rings. The molecular formula is C13H17NO3. The summed E-state index contributed by atoms with van der Waals surface area (Å²) in [6, 6.07) is 7.03. The molecule has 4 nitrogen and oxygen atoms in total. The van der Waals surface area contributed by atoms with Crippen molar-refractivity contribution in [2.24, 2.45) is 0 Å². The van der Waals surface area contributed by atoms with Crippen LogP contribution in [-0.2, 0) is 0 Å². The van der Waals surface area contributed by atoms with Gasteiger partial charge in [-0.15, -0.1) is 0 Å². The number of carbonyl (C=O) groups is 1. The third kappa shape index (κ3) is 3.12. The zero-order valence-corrected chi connectivity index (χ0v) is 10.0. The highest BCUT2D eigenvalue weighted by Crippen LogP contribution is 2.18. The van der Waals surface area contributed by atoms with Gasteiger partial charge in [-0.1, -0.05) is 0 Å². The standard InChI is InChI=1S/C13H17NO3/c1-16-11-5-7-12(8-6-11)17-13(15)14-9-3-2-4-10-14/h5-8H,2-4,9-10H2,1H3. The van der Waals surface area contributed by atoms with Gasteiger partial charge in [0.1, 0.15) is 11.5 Å². The molecule has 1 heterocycles. The molecule has 2 rings (SSSR count). The fraction of sp³-hybridized carbons (Fsp3) is 0.462. The summed E-state index contributed by atoms with van der Waals surface area (Å²) in [6.07, 6.45) is 3.08. The van der Waals surface area contributed by atoms with Crippen LogP contribution in [0.3, 0.4) is 0 Å². The van der Waals surface area contributed by atoms with E-state index >= 15 is 0 Å². The smallest absolute Gasteiger partial charge is 0.415 e. The molecule has 1 fully saturated rings. The average Bonchev–Trinajstić information content (AvgIpc) is 2.40. The van der Waals surface area contributed by atoms with Gasteiger partial charge in [0.25, 0.3) is 0 Å². The largest absolute Gasteiger partial charge is 0.497 e. The molecule has 0 saturated carbocycles. The topological polar surface area (TPSA) is 38.8 Å². The molecule has 1 saturated heterocycles. The van der Waals surface area contributed by atoms with Crippen LogP contribution in [0.2, 0.25) is 0 Å². The number of amides is 1. The van der Waals surface area contributed by atoms with Gasteiger partial charge >= 0.3 is 6.09 Å². The Kier molecular flexibility index (Phi) is 3.85. The van der Waals surface area contributed by atoms with E-state index in [1.165, 1.54) is 6.42 Å². The molecule has 1 amide bonds. The summed E-state index contributed by atoms with van der Waals surface area (Å²) in [6.45, 7) is 1.60. The van der Waals surface area contributed by atoms with Gasteiger partial charge in [-0.2, -0.15) is 0 Å². The van der Waals surface area contributed by atoms with Crippen LogP contribution in [-0.4, -0.2) is 31.2 Å². The third-order valence-corrected chi connectivity index (χ3v) is 2.88. The quantitative estimate of drug-likeness (QED) is 0.791. The Bertz CT molecular complexity index is 369. The van der Waals surface area contributed by atoms with Crippen molar-refractivity contribution in [3.05, 3.63) is 24.3 Å². The van der Waals surface area contributed by atoms with Crippen molar-refractivity contribution in [2.75, 3.05) is 20.2 Å². The van der Waals surface area contributed by atoms with Crippen LogP contribution in [0.15, 0.2) is 24.3 Å². The van der Waals surface area contributed by atoms with Crippen LogP contribution >= 0.6 is 0 Å². The van der Waals surface area contributed by atoms with Gasteiger partial charge in [-0.05, 0) is 43.5 Å². The first-order chi connectivity index (χ1) is 8.29. The molecule has 0 spiro atoms. The van der Waals surface area contributed by atoms with Crippen LogP contribution in [0, 0.1) is 0 Å². The second kappa shape index (κ2) is 5.57. The lowest BCUT2D eigenvalue weighted by Gasteiger charge is -2.25. The molecule has 0 aliphatic carbocycles. The second-order valence-electron chi connectivity index (χ2n) is 4.09. The van der Waals surface area contributed by atoms with E-state index < -0.39 is 0 Å². The lowest BCUT2D eigenvalue weighted by atomic mass is 10.1. The van der Waals surface area contributed by atoms with Crippen molar-refractivity contribution in [1.29, 1.82) is 0 Å². The van der Waals surface area contributed by atoms with E-state index in [4.69, 9.17) is 9.47 Å². The Morgan fingerprint density at radius 1 is 1.06 bits per heavy atom. The minimum Gasteiger partial charge on any atom is -0.497 e. The van der Waals surface area contributed by atoms with Gasteiger partial charge in [0.15, 0.2) is 0 Å². The van der Waals surface area contributed by atoms with E-state index in [1.807, 2.05) is 0 Å². The number of ether oxygens (including phenoxy) is 2. The number of carbonyl (C=O) groups excluding carboxylic acids is 1. The monoisotopic (exact) mass is 235 g/mol. The van der Waals surface area contributed by atoms with Crippen molar-refractivity contribution < 1.29 is 14.3 Å². The molecule has 0 aromatic heterocycles. The molecule has 0 N–H and O–H groups in total. The average molecular weight is 235 g/mol. The van der Waals surface area contributed by atoms with Crippen LogP contribution in [0.5, 0.6) is 11.5 Å². The molecule has 4 heteroatoms. The van der Waals surface area contributed by atoms with Crippen molar-refractivity contribution >= 4 is 6.09 Å². The Balaban J connectivity index is 1.92. The molecule has 1 aliphatic heterocycles. The highest BCUT2D eigenvalue weighted by molar-refractivity contribution is 5.70. The maximum absolute atomic E-state index is 11.8. The number of methoxy groups -OCH3 is 1. The molecule has 92 valence electrons. The first-order valence-electron chi connectivity index (χ1n) is 5.90. The van der Waals surface area contributed by atoms with E-state index in [2.05, 4.69) is 0 Å². The van der Waals surface area contributed by atoms with E-state index in [0.717, 1.165) is 31.7 Å². The molecule has 1 aromatic carbocycles. The normalized spacial score (nSPS) is 15.5. The molecule has 0 atom stereocenters. The molecule has 0 unspecified atom stereocenters. The van der Waals surface area contributed by atoms with Crippen LogP contribution in [0.4, 0.5) is 4.79 Å². The first-order valence-corrected chi connectivity index (χ1v) is 5.90. The fourth-order valence-corrected chi connectivity index (χ4v) is 1.89. The third-order valence-electron chi connectivity index (χ3n) is 2.88. The number of hydrogen-bond donors (Lipinski definition) is 0. The van der Waals surface area contributed by atoms with Crippen molar-refractivity contribution in [3.8, 4) is 11.5 Å². The molecule has 0 radical (unpaired) electrons. The van der Waals surface area contributed by atoms with Gasteiger partial charge in [0, 0.05) is 13.1 Å². The lowest BCUT2D eigenvalue weighted by molar-refractivity contribution is 0.142. The minimum atomic E-state index is -0.255.